The van der Waals surface area contributed by atoms with Gasteiger partial charge in [-0.05, 0) is 32.0 Å². The van der Waals surface area contributed by atoms with Crippen molar-refractivity contribution in [2.24, 2.45) is 5.92 Å². The minimum atomic E-state index is -2.93. The van der Waals surface area contributed by atoms with E-state index in [2.05, 4.69) is 20.1 Å². The normalized spacial score (nSPS) is 12.3. The Labute approximate surface area is 167 Å². The van der Waals surface area contributed by atoms with Gasteiger partial charge in [-0.2, -0.15) is 13.9 Å². The summed E-state index contributed by atoms with van der Waals surface area (Å²) in [6, 6.07) is 4.32. The number of hydrogen-bond donors (Lipinski definition) is 1. The average molecular weight is 425 g/mol. The largest absolute Gasteiger partial charge is 0.435 e. The van der Waals surface area contributed by atoms with Crippen LogP contribution in [0.2, 0.25) is 0 Å². The molecular weight excluding hydrogens is 408 g/mol. The summed E-state index contributed by atoms with van der Waals surface area (Å²) in [7, 11) is 0. The minimum Gasteiger partial charge on any atom is -0.435 e. The summed E-state index contributed by atoms with van der Waals surface area (Å²) in [6.07, 6.45) is 0. The van der Waals surface area contributed by atoms with Crippen LogP contribution in [0.15, 0.2) is 18.2 Å². The minimum absolute atomic E-state index is 0.00789. The Morgan fingerprint density at radius 3 is 2.76 bits per heavy atom. The molecule has 0 fully saturated rings. The van der Waals surface area contributed by atoms with Crippen LogP contribution in [0.3, 0.4) is 0 Å². The molecular formula is C17H17F2N5O4S. The monoisotopic (exact) mass is 425 g/mol. The molecule has 0 saturated heterocycles. The van der Waals surface area contributed by atoms with Crippen molar-refractivity contribution < 1.29 is 23.2 Å². The number of nitrogens with zero attached hydrogens (tertiary/aromatic N) is 4. The summed E-state index contributed by atoms with van der Waals surface area (Å²) >= 11 is 1.12. The number of ether oxygens (including phenoxy) is 1. The molecule has 1 aromatic carbocycles. The van der Waals surface area contributed by atoms with Crippen LogP contribution in [0.25, 0.3) is 10.2 Å². The molecule has 12 heteroatoms. The fraction of sp³-hybridized carbons (Fsp3) is 0.353. The maximum Gasteiger partial charge on any atom is 0.387 e. The molecule has 0 aliphatic heterocycles. The van der Waals surface area contributed by atoms with Gasteiger partial charge in [-0.15, -0.1) is 0 Å². The van der Waals surface area contributed by atoms with E-state index in [0.29, 0.717) is 21.0 Å². The third-order valence-corrected chi connectivity index (χ3v) is 5.17. The number of rotatable bonds is 7. The van der Waals surface area contributed by atoms with Gasteiger partial charge in [0.25, 0.3) is 0 Å². The second kappa shape index (κ2) is 8.07. The van der Waals surface area contributed by atoms with Crippen molar-refractivity contribution in [1.82, 2.24) is 14.8 Å². The molecule has 0 bridgehead atoms. The van der Waals surface area contributed by atoms with Crippen LogP contribution >= 0.6 is 11.3 Å². The molecule has 0 radical (unpaired) electrons. The smallest absolute Gasteiger partial charge is 0.387 e. The van der Waals surface area contributed by atoms with Gasteiger partial charge in [-0.3, -0.25) is 19.6 Å². The van der Waals surface area contributed by atoms with Crippen LogP contribution in [0.4, 0.5) is 19.6 Å². The second-order valence-corrected chi connectivity index (χ2v) is 7.41. The standard InChI is InChI=1S/C17H17F2N5O4S/c1-8(7-23-10(3)14(24(26)27)9(2)22-23)15(25)21-17-20-12-5-4-11(28-16(18)19)6-13(12)29-17/h4-6,8,16H,7H2,1-3H3,(H,20,21,25). The van der Waals surface area contributed by atoms with Crippen LogP contribution in [0.1, 0.15) is 18.3 Å². The van der Waals surface area contributed by atoms with Gasteiger partial charge in [0.2, 0.25) is 5.91 Å². The highest BCUT2D eigenvalue weighted by molar-refractivity contribution is 7.22. The van der Waals surface area contributed by atoms with Gasteiger partial charge in [-0.25, -0.2) is 4.98 Å². The quantitative estimate of drug-likeness (QED) is 0.454. The lowest BCUT2D eigenvalue weighted by Gasteiger charge is -2.11. The Bertz CT molecular complexity index is 1080. The lowest BCUT2D eigenvalue weighted by atomic mass is 10.1. The first-order valence-corrected chi connectivity index (χ1v) is 9.32. The number of fused-ring (bicyclic) bond motifs is 1. The zero-order chi connectivity index (χ0) is 21.3. The molecule has 0 aliphatic carbocycles. The number of alkyl halides is 2. The Kier molecular flexibility index (Phi) is 5.73. The van der Waals surface area contributed by atoms with Crippen molar-refractivity contribution in [3.8, 4) is 5.75 Å². The molecule has 1 unspecified atom stereocenters. The van der Waals surface area contributed by atoms with E-state index in [9.17, 15) is 23.7 Å². The van der Waals surface area contributed by atoms with E-state index in [0.717, 1.165) is 11.3 Å². The van der Waals surface area contributed by atoms with Crippen molar-refractivity contribution in [3.05, 3.63) is 39.7 Å². The fourth-order valence-electron chi connectivity index (χ4n) is 2.83. The Morgan fingerprint density at radius 2 is 2.14 bits per heavy atom. The average Bonchev–Trinajstić information content (AvgIpc) is 3.13. The lowest BCUT2D eigenvalue weighted by Crippen LogP contribution is -2.25. The van der Waals surface area contributed by atoms with Gasteiger partial charge in [-0.1, -0.05) is 18.3 Å². The van der Waals surface area contributed by atoms with Crippen LogP contribution in [-0.2, 0) is 11.3 Å². The summed E-state index contributed by atoms with van der Waals surface area (Å²) in [5, 5.41) is 18.2. The Balaban J connectivity index is 1.71. The molecule has 29 heavy (non-hydrogen) atoms. The lowest BCUT2D eigenvalue weighted by molar-refractivity contribution is -0.386. The van der Waals surface area contributed by atoms with E-state index in [1.54, 1.807) is 20.8 Å². The zero-order valence-electron chi connectivity index (χ0n) is 15.7. The van der Waals surface area contributed by atoms with Crippen LogP contribution in [0, 0.1) is 29.9 Å². The number of benzene rings is 1. The maximum atomic E-state index is 12.5. The van der Waals surface area contributed by atoms with E-state index in [4.69, 9.17) is 0 Å². The first-order chi connectivity index (χ1) is 13.7. The number of thiazole rings is 1. The van der Waals surface area contributed by atoms with Gasteiger partial charge in [0, 0.05) is 0 Å². The number of carbonyl (C=O) groups is 1. The van der Waals surface area contributed by atoms with Crippen molar-refractivity contribution in [1.29, 1.82) is 0 Å². The van der Waals surface area contributed by atoms with Crippen LogP contribution in [-0.4, -0.2) is 32.2 Å². The van der Waals surface area contributed by atoms with E-state index in [-0.39, 0.29) is 29.6 Å². The number of anilines is 1. The van der Waals surface area contributed by atoms with Gasteiger partial charge >= 0.3 is 12.3 Å². The molecule has 0 saturated carbocycles. The highest BCUT2D eigenvalue weighted by Crippen LogP contribution is 2.30. The molecule has 3 aromatic rings. The molecule has 0 aliphatic rings. The predicted octanol–water partition coefficient (Wildman–Crippen LogP) is 3.89. The number of carbonyl (C=O) groups excluding carboxylic acids is 1. The van der Waals surface area contributed by atoms with Crippen LogP contribution in [0.5, 0.6) is 5.75 Å². The van der Waals surface area contributed by atoms with Gasteiger partial charge < -0.3 is 10.1 Å². The SMILES string of the molecule is Cc1nn(CC(C)C(=O)Nc2nc3ccc(OC(F)F)cc3s2)c(C)c1[N+](=O)[O-]. The summed E-state index contributed by atoms with van der Waals surface area (Å²) in [4.78, 5) is 27.4. The topological polar surface area (TPSA) is 112 Å². The van der Waals surface area contributed by atoms with E-state index < -0.39 is 17.5 Å². The van der Waals surface area contributed by atoms with E-state index >= 15 is 0 Å². The number of aryl methyl sites for hydroxylation is 1. The number of amides is 1. The van der Waals surface area contributed by atoms with Gasteiger partial charge in [0.15, 0.2) is 5.13 Å². The summed E-state index contributed by atoms with van der Waals surface area (Å²) in [5.74, 6) is -0.880. The molecule has 154 valence electrons. The van der Waals surface area contributed by atoms with Gasteiger partial charge in [0.1, 0.15) is 17.1 Å². The Hall–Kier alpha value is -3.15. The molecule has 1 atom stereocenters. The summed E-state index contributed by atoms with van der Waals surface area (Å²) < 4.78 is 31.0. The molecule has 2 heterocycles. The third-order valence-electron chi connectivity index (χ3n) is 4.24. The summed E-state index contributed by atoms with van der Waals surface area (Å²) in [6.45, 7) is 2.02. The highest BCUT2D eigenvalue weighted by Gasteiger charge is 2.24. The van der Waals surface area contributed by atoms with Gasteiger partial charge in [0.05, 0.1) is 27.6 Å². The van der Waals surface area contributed by atoms with Crippen molar-refractivity contribution in [3.63, 3.8) is 0 Å². The predicted molar refractivity (Wildman–Crippen MR) is 102 cm³/mol. The molecule has 9 nitrogen and oxygen atoms in total. The van der Waals surface area contributed by atoms with Crippen LogP contribution < -0.4 is 10.1 Å². The molecule has 0 spiro atoms. The number of aromatic nitrogens is 3. The summed E-state index contributed by atoms with van der Waals surface area (Å²) in [5.41, 5.74) is 1.13. The number of hydrogen-bond acceptors (Lipinski definition) is 7. The molecule has 2 aromatic heterocycles. The third kappa shape index (κ3) is 4.47. The first kappa shape index (κ1) is 20.6. The van der Waals surface area contributed by atoms with Crippen molar-refractivity contribution in [2.75, 3.05) is 5.32 Å². The molecule has 1 amide bonds. The number of halogens is 2. The fourth-order valence-corrected chi connectivity index (χ4v) is 3.73. The van der Waals surface area contributed by atoms with Crippen molar-refractivity contribution in [2.45, 2.75) is 33.9 Å². The highest BCUT2D eigenvalue weighted by atomic mass is 32.1. The second-order valence-electron chi connectivity index (χ2n) is 6.38. The Morgan fingerprint density at radius 1 is 1.41 bits per heavy atom. The number of nitrogens with one attached hydrogen (secondary N) is 1. The maximum absolute atomic E-state index is 12.5. The van der Waals surface area contributed by atoms with E-state index in [1.807, 2.05) is 0 Å². The van der Waals surface area contributed by atoms with E-state index in [1.165, 1.54) is 22.9 Å². The first-order valence-electron chi connectivity index (χ1n) is 8.50. The van der Waals surface area contributed by atoms with Crippen molar-refractivity contribution >= 4 is 38.3 Å². The molecule has 3 rings (SSSR count). The number of nitro groups is 1. The zero-order valence-corrected chi connectivity index (χ0v) is 16.5. The molecule has 1 N–H and O–H groups in total.